The number of halogens is 2. The molecule has 6 heteroatoms. The third-order valence-electron chi connectivity index (χ3n) is 3.10. The van der Waals surface area contributed by atoms with E-state index in [0.717, 1.165) is 23.4 Å². The second-order valence-electron chi connectivity index (χ2n) is 4.75. The Balaban J connectivity index is 2.15. The minimum Gasteiger partial charge on any atom is -0.348 e. The molecule has 0 atom stereocenters. The number of nitrogens with one attached hydrogen (secondary N) is 2. The minimum absolute atomic E-state index is 0.00454. The van der Waals surface area contributed by atoms with Gasteiger partial charge in [-0.2, -0.15) is 0 Å². The van der Waals surface area contributed by atoms with Crippen molar-refractivity contribution in [3.05, 3.63) is 68.6 Å². The molecular formula is C15H14F2N2O2. The maximum Gasteiger partial charge on any atom is 0.253 e. The molecule has 110 valence electrons. The molecule has 0 saturated carbocycles. The number of hydrogen-bond donors (Lipinski definition) is 2. The van der Waals surface area contributed by atoms with Gasteiger partial charge in [0.05, 0.1) is 0 Å². The highest BCUT2D eigenvalue weighted by molar-refractivity contribution is 5.94. The Morgan fingerprint density at radius 2 is 1.90 bits per heavy atom. The number of aryl methyl sites for hydroxylation is 2. The predicted molar refractivity (Wildman–Crippen MR) is 74.1 cm³/mol. The Kier molecular flexibility index (Phi) is 4.16. The number of H-pyrrole nitrogens is 1. The molecule has 1 heterocycles. The summed E-state index contributed by atoms with van der Waals surface area (Å²) in [4.78, 5) is 26.3. The van der Waals surface area contributed by atoms with Gasteiger partial charge in [0, 0.05) is 23.4 Å². The van der Waals surface area contributed by atoms with Crippen LogP contribution in [0.3, 0.4) is 0 Å². The van der Waals surface area contributed by atoms with E-state index in [9.17, 15) is 18.4 Å². The molecule has 0 unspecified atom stereocenters. The van der Waals surface area contributed by atoms with E-state index < -0.39 is 17.5 Å². The van der Waals surface area contributed by atoms with Gasteiger partial charge in [-0.05, 0) is 43.7 Å². The molecule has 1 aromatic heterocycles. The summed E-state index contributed by atoms with van der Waals surface area (Å²) in [5, 5.41) is 2.51. The van der Waals surface area contributed by atoms with Crippen LogP contribution in [-0.4, -0.2) is 10.9 Å². The van der Waals surface area contributed by atoms with Crippen molar-refractivity contribution < 1.29 is 13.6 Å². The van der Waals surface area contributed by atoms with Crippen LogP contribution in [-0.2, 0) is 6.54 Å². The summed E-state index contributed by atoms with van der Waals surface area (Å²) in [6.07, 6.45) is 0. The van der Waals surface area contributed by atoms with Crippen LogP contribution >= 0.6 is 0 Å². The number of rotatable bonds is 3. The number of benzene rings is 1. The van der Waals surface area contributed by atoms with Crippen molar-refractivity contribution in [3.63, 3.8) is 0 Å². The molecule has 0 aliphatic heterocycles. The zero-order valence-electron chi connectivity index (χ0n) is 11.6. The normalized spacial score (nSPS) is 10.5. The van der Waals surface area contributed by atoms with Crippen molar-refractivity contribution >= 4 is 5.91 Å². The van der Waals surface area contributed by atoms with Crippen molar-refractivity contribution in [2.45, 2.75) is 20.4 Å². The standard InChI is InChI=1S/C15H14F2N2O2/c1-8-5-9(2)19-15(21)11(8)7-18-14(20)10-3-4-12(16)13(17)6-10/h3-6H,7H2,1-2H3,(H,18,20)(H,19,21). The number of aromatic nitrogens is 1. The van der Waals surface area contributed by atoms with Crippen LogP contribution in [0.5, 0.6) is 0 Å². The first-order chi connectivity index (χ1) is 9.88. The van der Waals surface area contributed by atoms with Gasteiger partial charge in [-0.25, -0.2) is 8.78 Å². The van der Waals surface area contributed by atoms with Crippen molar-refractivity contribution in [1.29, 1.82) is 0 Å². The number of pyridine rings is 1. The van der Waals surface area contributed by atoms with Crippen LogP contribution < -0.4 is 10.9 Å². The molecular weight excluding hydrogens is 278 g/mol. The summed E-state index contributed by atoms with van der Waals surface area (Å²) in [6, 6.07) is 4.67. The molecule has 21 heavy (non-hydrogen) atoms. The van der Waals surface area contributed by atoms with Crippen LogP contribution in [0.1, 0.15) is 27.2 Å². The molecule has 0 fully saturated rings. The van der Waals surface area contributed by atoms with Gasteiger partial charge in [-0.15, -0.1) is 0 Å². The molecule has 2 aromatic rings. The van der Waals surface area contributed by atoms with E-state index in [1.165, 1.54) is 6.07 Å². The lowest BCUT2D eigenvalue weighted by atomic mass is 10.1. The Morgan fingerprint density at radius 1 is 1.19 bits per heavy atom. The summed E-state index contributed by atoms with van der Waals surface area (Å²) >= 11 is 0. The average molecular weight is 292 g/mol. The van der Waals surface area contributed by atoms with E-state index in [4.69, 9.17) is 0 Å². The number of amides is 1. The molecule has 2 N–H and O–H groups in total. The summed E-state index contributed by atoms with van der Waals surface area (Å²) in [6.45, 7) is 3.54. The second kappa shape index (κ2) is 5.87. The Labute approximate surface area is 119 Å². The molecule has 0 bridgehead atoms. The maximum atomic E-state index is 13.1. The monoisotopic (exact) mass is 292 g/mol. The highest BCUT2D eigenvalue weighted by atomic mass is 19.2. The molecule has 0 aliphatic carbocycles. The quantitative estimate of drug-likeness (QED) is 0.911. The minimum atomic E-state index is -1.09. The fourth-order valence-electron chi connectivity index (χ4n) is 2.01. The molecule has 1 amide bonds. The fraction of sp³-hybridized carbons (Fsp3) is 0.200. The van der Waals surface area contributed by atoms with E-state index in [1.54, 1.807) is 19.9 Å². The van der Waals surface area contributed by atoms with Crippen molar-refractivity contribution in [3.8, 4) is 0 Å². The lowest BCUT2D eigenvalue weighted by Crippen LogP contribution is -2.28. The third-order valence-corrected chi connectivity index (χ3v) is 3.10. The zero-order valence-corrected chi connectivity index (χ0v) is 11.6. The topological polar surface area (TPSA) is 62.0 Å². The van der Waals surface area contributed by atoms with Crippen molar-refractivity contribution in [1.82, 2.24) is 10.3 Å². The Bertz CT molecular complexity index is 754. The van der Waals surface area contributed by atoms with Gasteiger partial charge in [-0.3, -0.25) is 9.59 Å². The van der Waals surface area contributed by atoms with Crippen LogP contribution in [0.15, 0.2) is 29.1 Å². The molecule has 0 spiro atoms. The Morgan fingerprint density at radius 3 is 2.52 bits per heavy atom. The molecule has 0 aliphatic rings. The van der Waals surface area contributed by atoms with Gasteiger partial charge in [0.1, 0.15) is 0 Å². The molecule has 4 nitrogen and oxygen atoms in total. The van der Waals surface area contributed by atoms with E-state index >= 15 is 0 Å². The average Bonchev–Trinajstić information content (AvgIpc) is 2.40. The van der Waals surface area contributed by atoms with Crippen LogP contribution in [0.2, 0.25) is 0 Å². The third kappa shape index (κ3) is 3.34. The van der Waals surface area contributed by atoms with Gasteiger partial charge in [0.25, 0.3) is 11.5 Å². The summed E-state index contributed by atoms with van der Waals surface area (Å²) in [5.74, 6) is -2.68. The van der Waals surface area contributed by atoms with Crippen molar-refractivity contribution in [2.24, 2.45) is 0 Å². The lowest BCUT2D eigenvalue weighted by molar-refractivity contribution is 0.0950. The molecule has 2 rings (SSSR count). The van der Waals surface area contributed by atoms with Gasteiger partial charge >= 0.3 is 0 Å². The van der Waals surface area contributed by atoms with Gasteiger partial charge in [0.15, 0.2) is 11.6 Å². The van der Waals surface area contributed by atoms with Crippen molar-refractivity contribution in [2.75, 3.05) is 0 Å². The highest BCUT2D eigenvalue weighted by Gasteiger charge is 2.11. The van der Waals surface area contributed by atoms with Gasteiger partial charge in [-0.1, -0.05) is 0 Å². The predicted octanol–water partition coefficient (Wildman–Crippen LogP) is 2.20. The maximum absolute atomic E-state index is 13.1. The number of carbonyl (C=O) groups is 1. The fourth-order valence-corrected chi connectivity index (χ4v) is 2.01. The SMILES string of the molecule is Cc1cc(C)c(CNC(=O)c2ccc(F)c(F)c2)c(=O)[nH]1. The first-order valence-electron chi connectivity index (χ1n) is 6.31. The van der Waals surface area contributed by atoms with E-state index in [2.05, 4.69) is 10.3 Å². The molecule has 1 aromatic carbocycles. The van der Waals surface area contributed by atoms with E-state index in [-0.39, 0.29) is 17.7 Å². The van der Waals surface area contributed by atoms with Crippen LogP contribution in [0, 0.1) is 25.5 Å². The van der Waals surface area contributed by atoms with Crippen LogP contribution in [0.4, 0.5) is 8.78 Å². The molecule has 0 radical (unpaired) electrons. The Hall–Kier alpha value is -2.50. The summed E-state index contributed by atoms with van der Waals surface area (Å²) in [5.41, 5.74) is 1.62. The number of aromatic amines is 1. The smallest absolute Gasteiger partial charge is 0.253 e. The van der Waals surface area contributed by atoms with E-state index in [0.29, 0.717) is 5.56 Å². The zero-order chi connectivity index (χ0) is 15.6. The lowest BCUT2D eigenvalue weighted by Gasteiger charge is -2.08. The second-order valence-corrected chi connectivity index (χ2v) is 4.75. The first kappa shape index (κ1) is 14.9. The van der Waals surface area contributed by atoms with E-state index in [1.807, 2.05) is 0 Å². The summed E-state index contributed by atoms with van der Waals surface area (Å²) < 4.78 is 25.9. The van der Waals surface area contributed by atoms with Gasteiger partial charge < -0.3 is 10.3 Å². The van der Waals surface area contributed by atoms with Crippen LogP contribution in [0.25, 0.3) is 0 Å². The van der Waals surface area contributed by atoms with Gasteiger partial charge in [0.2, 0.25) is 0 Å². The first-order valence-corrected chi connectivity index (χ1v) is 6.31. The number of carbonyl (C=O) groups excluding carboxylic acids is 1. The molecule has 0 saturated heterocycles. The number of hydrogen-bond acceptors (Lipinski definition) is 2. The summed E-state index contributed by atoms with van der Waals surface area (Å²) in [7, 11) is 0. The highest BCUT2D eigenvalue weighted by Crippen LogP contribution is 2.09. The largest absolute Gasteiger partial charge is 0.348 e.